The van der Waals surface area contributed by atoms with Crippen LogP contribution in [0.25, 0.3) is 0 Å². The van der Waals surface area contributed by atoms with Gasteiger partial charge in [0.25, 0.3) is 0 Å². The van der Waals surface area contributed by atoms with Gasteiger partial charge >= 0.3 is 0 Å². The molecule has 4 nitrogen and oxygen atoms in total. The van der Waals surface area contributed by atoms with Crippen LogP contribution in [0.3, 0.4) is 0 Å². The molecule has 17 heavy (non-hydrogen) atoms. The highest BCUT2D eigenvalue weighted by Gasteiger charge is 2.21. The highest BCUT2D eigenvalue weighted by atomic mass is 32.2. The number of nitrogens with zero attached hydrogens (tertiary/aromatic N) is 2. The third kappa shape index (κ3) is 3.71. The van der Waals surface area contributed by atoms with Gasteiger partial charge in [-0.2, -0.15) is 16.7 Å². The average molecular weight is 255 g/mol. The summed E-state index contributed by atoms with van der Waals surface area (Å²) in [7, 11) is 0. The molecule has 0 radical (unpaired) electrons. The zero-order chi connectivity index (χ0) is 12.3. The van der Waals surface area contributed by atoms with Crippen LogP contribution in [0.15, 0.2) is 4.52 Å². The second-order valence-corrected chi connectivity index (χ2v) is 6.71. The van der Waals surface area contributed by atoms with Crippen LogP contribution in [-0.4, -0.2) is 27.7 Å². The molecule has 5 heteroatoms. The maximum atomic E-state index is 5.25. The smallest absolute Gasteiger partial charge is 0.240 e. The third-order valence-electron chi connectivity index (χ3n) is 2.84. The van der Waals surface area contributed by atoms with Crippen LogP contribution in [0.1, 0.15) is 45.3 Å². The maximum Gasteiger partial charge on any atom is 0.240 e. The number of nitrogens with one attached hydrogen (secondary N) is 1. The first-order valence-electron chi connectivity index (χ1n) is 6.20. The van der Waals surface area contributed by atoms with Crippen LogP contribution in [0, 0.1) is 0 Å². The zero-order valence-corrected chi connectivity index (χ0v) is 11.6. The summed E-state index contributed by atoms with van der Waals surface area (Å²) in [5, 5.41) is 7.51. The van der Waals surface area contributed by atoms with Gasteiger partial charge in [0.15, 0.2) is 5.82 Å². The molecule has 1 aromatic heterocycles. The Morgan fingerprint density at radius 1 is 1.47 bits per heavy atom. The van der Waals surface area contributed by atoms with Gasteiger partial charge in [0.05, 0.1) is 6.54 Å². The van der Waals surface area contributed by atoms with Gasteiger partial charge in [-0.15, -0.1) is 0 Å². The first-order chi connectivity index (χ1) is 8.05. The van der Waals surface area contributed by atoms with Gasteiger partial charge in [-0.05, 0) is 18.6 Å². The average Bonchev–Trinajstić information content (AvgIpc) is 2.76. The second kappa shape index (κ2) is 5.40. The van der Waals surface area contributed by atoms with Gasteiger partial charge in [-0.25, -0.2) is 0 Å². The predicted octanol–water partition coefficient (Wildman–Crippen LogP) is 2.35. The summed E-state index contributed by atoms with van der Waals surface area (Å²) in [4.78, 5) is 4.42. The Kier molecular flexibility index (Phi) is 4.09. The lowest BCUT2D eigenvalue weighted by Gasteiger charge is -2.21. The molecule has 0 amide bonds. The fraction of sp³-hybridized carbons (Fsp3) is 0.833. The van der Waals surface area contributed by atoms with Gasteiger partial charge in [-0.3, -0.25) is 0 Å². The molecule has 1 N–H and O–H groups in total. The Morgan fingerprint density at radius 3 is 2.88 bits per heavy atom. The number of hydrogen-bond acceptors (Lipinski definition) is 5. The second-order valence-electron chi connectivity index (χ2n) is 5.56. The SMILES string of the molecule is CC(C)(C)c1noc(CN[C@@H]2CCCSC2)n1. The van der Waals surface area contributed by atoms with Crippen LogP contribution >= 0.6 is 11.8 Å². The Morgan fingerprint density at radius 2 is 2.29 bits per heavy atom. The lowest BCUT2D eigenvalue weighted by Crippen LogP contribution is -2.33. The fourth-order valence-corrected chi connectivity index (χ4v) is 2.87. The Labute approximate surface area is 107 Å². The normalized spacial score (nSPS) is 21.7. The minimum Gasteiger partial charge on any atom is -0.338 e. The van der Waals surface area contributed by atoms with Gasteiger partial charge < -0.3 is 9.84 Å². The largest absolute Gasteiger partial charge is 0.338 e. The molecule has 0 spiro atoms. The molecular weight excluding hydrogens is 234 g/mol. The Bertz CT molecular complexity index is 353. The van der Waals surface area contributed by atoms with E-state index >= 15 is 0 Å². The van der Waals surface area contributed by atoms with Crippen molar-refractivity contribution in [3.63, 3.8) is 0 Å². The molecule has 0 aliphatic carbocycles. The molecule has 1 aliphatic heterocycles. The summed E-state index contributed by atoms with van der Waals surface area (Å²) in [5.74, 6) is 3.98. The van der Waals surface area contributed by atoms with Crippen LogP contribution in [-0.2, 0) is 12.0 Å². The predicted molar refractivity (Wildman–Crippen MR) is 70.2 cm³/mol. The molecule has 1 saturated heterocycles. The fourth-order valence-electron chi connectivity index (χ4n) is 1.76. The van der Waals surface area contributed by atoms with Crippen molar-refractivity contribution in [1.29, 1.82) is 0 Å². The van der Waals surface area contributed by atoms with Crippen molar-refractivity contribution in [2.45, 2.75) is 51.6 Å². The first-order valence-corrected chi connectivity index (χ1v) is 7.35. The molecule has 96 valence electrons. The first kappa shape index (κ1) is 12.9. The lowest BCUT2D eigenvalue weighted by molar-refractivity contribution is 0.346. The highest BCUT2D eigenvalue weighted by molar-refractivity contribution is 7.99. The van der Waals surface area contributed by atoms with E-state index in [9.17, 15) is 0 Å². The molecule has 2 rings (SSSR count). The standard InChI is InChI=1S/C12H21N3OS/c1-12(2,3)11-14-10(16-15-11)7-13-9-5-4-6-17-8-9/h9,13H,4-8H2,1-3H3/t9-/m1/s1. The molecule has 0 unspecified atom stereocenters. The lowest BCUT2D eigenvalue weighted by atomic mass is 9.96. The number of hydrogen-bond donors (Lipinski definition) is 1. The molecule has 2 heterocycles. The van der Waals surface area contributed by atoms with E-state index in [4.69, 9.17) is 4.52 Å². The van der Waals surface area contributed by atoms with E-state index in [1.807, 2.05) is 11.8 Å². The topological polar surface area (TPSA) is 51.0 Å². The van der Waals surface area contributed by atoms with Crippen LogP contribution in [0.2, 0.25) is 0 Å². The van der Waals surface area contributed by atoms with Gasteiger partial charge in [-0.1, -0.05) is 25.9 Å². The molecule has 1 aromatic rings. The van der Waals surface area contributed by atoms with Crippen molar-refractivity contribution >= 4 is 11.8 Å². The minimum atomic E-state index is -0.0392. The third-order valence-corrected chi connectivity index (χ3v) is 4.06. The van der Waals surface area contributed by atoms with E-state index in [1.165, 1.54) is 24.3 Å². The summed E-state index contributed by atoms with van der Waals surface area (Å²) in [5.41, 5.74) is -0.0392. The minimum absolute atomic E-state index is 0.0392. The molecule has 1 atom stereocenters. The Hall–Kier alpha value is -0.550. The van der Waals surface area contributed by atoms with Crippen LogP contribution in [0.4, 0.5) is 0 Å². The van der Waals surface area contributed by atoms with Crippen molar-refractivity contribution < 1.29 is 4.52 Å². The number of aromatic nitrogens is 2. The summed E-state index contributed by atoms with van der Waals surface area (Å²) < 4.78 is 5.25. The quantitative estimate of drug-likeness (QED) is 0.898. The van der Waals surface area contributed by atoms with Gasteiger partial charge in [0.2, 0.25) is 5.89 Å². The molecule has 0 bridgehead atoms. The van der Waals surface area contributed by atoms with Crippen molar-refractivity contribution in [1.82, 2.24) is 15.5 Å². The van der Waals surface area contributed by atoms with E-state index in [0.717, 1.165) is 5.82 Å². The molecule has 1 fully saturated rings. The van der Waals surface area contributed by atoms with Crippen LogP contribution < -0.4 is 5.32 Å². The van der Waals surface area contributed by atoms with E-state index in [2.05, 4.69) is 36.2 Å². The van der Waals surface area contributed by atoms with E-state index in [0.29, 0.717) is 18.5 Å². The highest BCUT2D eigenvalue weighted by Crippen LogP contribution is 2.19. The van der Waals surface area contributed by atoms with Crippen molar-refractivity contribution in [2.24, 2.45) is 0 Å². The number of rotatable bonds is 3. The molecule has 0 aromatic carbocycles. The molecule has 0 saturated carbocycles. The van der Waals surface area contributed by atoms with Crippen molar-refractivity contribution in [3.8, 4) is 0 Å². The summed E-state index contributed by atoms with van der Waals surface area (Å²) >= 11 is 2.02. The van der Waals surface area contributed by atoms with E-state index in [1.54, 1.807) is 0 Å². The van der Waals surface area contributed by atoms with Gasteiger partial charge in [0.1, 0.15) is 0 Å². The number of thioether (sulfide) groups is 1. The van der Waals surface area contributed by atoms with E-state index < -0.39 is 0 Å². The van der Waals surface area contributed by atoms with Crippen molar-refractivity contribution in [3.05, 3.63) is 11.7 Å². The molecular formula is C12H21N3OS. The van der Waals surface area contributed by atoms with Crippen molar-refractivity contribution in [2.75, 3.05) is 11.5 Å². The zero-order valence-electron chi connectivity index (χ0n) is 10.8. The maximum absolute atomic E-state index is 5.25. The molecule has 1 aliphatic rings. The van der Waals surface area contributed by atoms with E-state index in [-0.39, 0.29) is 5.41 Å². The monoisotopic (exact) mass is 255 g/mol. The van der Waals surface area contributed by atoms with Gasteiger partial charge in [0, 0.05) is 17.2 Å². The summed E-state index contributed by atoms with van der Waals surface area (Å²) in [6.45, 7) is 6.96. The van der Waals surface area contributed by atoms with Crippen LogP contribution in [0.5, 0.6) is 0 Å². The Balaban J connectivity index is 1.84. The summed E-state index contributed by atoms with van der Waals surface area (Å²) in [6.07, 6.45) is 2.56. The summed E-state index contributed by atoms with van der Waals surface area (Å²) in [6, 6.07) is 0.596.